The number of aromatic nitrogens is 2. The first-order valence-corrected chi connectivity index (χ1v) is 7.64. The van der Waals surface area contributed by atoms with E-state index in [0.717, 1.165) is 57.0 Å². The summed E-state index contributed by atoms with van der Waals surface area (Å²) in [4.78, 5) is 5.50. The molecule has 2 heterocycles. The molecule has 0 aliphatic carbocycles. The fourth-order valence-corrected chi connectivity index (χ4v) is 3.01. The van der Waals surface area contributed by atoms with Crippen molar-refractivity contribution in [1.29, 1.82) is 0 Å². The zero-order valence-electron chi connectivity index (χ0n) is 11.4. The molecule has 0 atom stereocenters. The van der Waals surface area contributed by atoms with E-state index in [2.05, 4.69) is 21.6 Å². The fourth-order valence-electron chi connectivity index (χ4n) is 2.27. The fraction of sp³-hybridized carbons (Fsp3) is 0.833. The first-order chi connectivity index (χ1) is 9.50. The molecule has 1 aromatic heterocycles. The monoisotopic (exact) mass is 308 g/mol. The van der Waals surface area contributed by atoms with Crippen LogP contribution in [0.4, 0.5) is 18.3 Å². The summed E-state index contributed by atoms with van der Waals surface area (Å²) in [5.74, 6) is -0.419. The quantitative estimate of drug-likeness (QED) is 0.849. The average Bonchev–Trinajstić information content (AvgIpc) is 2.89. The van der Waals surface area contributed by atoms with E-state index in [0.29, 0.717) is 11.0 Å². The normalized spacial score (nSPS) is 17.7. The molecule has 1 N–H and O–H groups in total. The third-order valence-corrected chi connectivity index (χ3v) is 4.19. The van der Waals surface area contributed by atoms with Crippen molar-refractivity contribution in [3.63, 3.8) is 0 Å². The lowest BCUT2D eigenvalue weighted by Crippen LogP contribution is -2.37. The first kappa shape index (κ1) is 15.5. The molecule has 2 rings (SSSR count). The molecular formula is C12H19F3N4S. The van der Waals surface area contributed by atoms with Gasteiger partial charge in [0.25, 0.3) is 0 Å². The lowest BCUT2D eigenvalue weighted by Gasteiger charge is -2.31. The Morgan fingerprint density at radius 1 is 1.35 bits per heavy atom. The molecular weight excluding hydrogens is 289 g/mol. The number of rotatable bonds is 5. The Hall–Kier alpha value is -0.890. The van der Waals surface area contributed by atoms with Gasteiger partial charge in [-0.3, -0.25) is 0 Å². The third-order valence-electron chi connectivity index (χ3n) is 3.41. The number of hydrogen-bond acceptors (Lipinski definition) is 5. The Kier molecular flexibility index (Phi) is 5.20. The second-order valence-electron chi connectivity index (χ2n) is 5.03. The van der Waals surface area contributed by atoms with Crippen molar-refractivity contribution in [3.05, 3.63) is 5.82 Å². The molecule has 0 bridgehead atoms. The summed E-state index contributed by atoms with van der Waals surface area (Å²) in [6.07, 6.45) is -1.36. The van der Waals surface area contributed by atoms with E-state index < -0.39 is 12.0 Å². The maximum atomic E-state index is 12.5. The van der Waals surface area contributed by atoms with Crippen LogP contribution in [-0.4, -0.2) is 35.5 Å². The van der Waals surface area contributed by atoms with Crippen molar-refractivity contribution in [2.75, 3.05) is 31.1 Å². The minimum atomic E-state index is -4.45. The molecule has 0 spiro atoms. The molecule has 8 heteroatoms. The first-order valence-electron chi connectivity index (χ1n) is 6.87. The molecule has 114 valence electrons. The molecule has 0 aromatic carbocycles. The molecule has 1 aromatic rings. The highest BCUT2D eigenvalue weighted by atomic mass is 32.1. The zero-order valence-corrected chi connectivity index (χ0v) is 12.2. The molecule has 0 saturated carbocycles. The molecule has 1 fully saturated rings. The van der Waals surface area contributed by atoms with E-state index in [1.807, 2.05) is 4.90 Å². The molecule has 4 nitrogen and oxygen atoms in total. The summed E-state index contributed by atoms with van der Waals surface area (Å²) < 4.78 is 40.8. The van der Waals surface area contributed by atoms with Crippen LogP contribution in [0.1, 0.15) is 32.0 Å². The summed E-state index contributed by atoms with van der Waals surface area (Å²) in [6, 6.07) is 0. The van der Waals surface area contributed by atoms with Crippen LogP contribution in [0.3, 0.4) is 0 Å². The SMILES string of the molecule is CCCNCC1CCN(c2nc(C(F)(F)F)ns2)CC1. The van der Waals surface area contributed by atoms with Crippen molar-refractivity contribution in [3.8, 4) is 0 Å². The van der Waals surface area contributed by atoms with Crippen molar-refractivity contribution < 1.29 is 13.2 Å². The smallest absolute Gasteiger partial charge is 0.347 e. The van der Waals surface area contributed by atoms with Crippen LogP contribution in [0, 0.1) is 5.92 Å². The second-order valence-corrected chi connectivity index (χ2v) is 5.76. The predicted molar refractivity (Wildman–Crippen MR) is 73.0 cm³/mol. The molecule has 1 saturated heterocycles. The van der Waals surface area contributed by atoms with Gasteiger partial charge in [-0.2, -0.15) is 22.5 Å². The Morgan fingerprint density at radius 3 is 2.60 bits per heavy atom. The number of hydrogen-bond donors (Lipinski definition) is 1. The molecule has 20 heavy (non-hydrogen) atoms. The van der Waals surface area contributed by atoms with Gasteiger partial charge in [0.05, 0.1) is 0 Å². The lowest BCUT2D eigenvalue weighted by molar-refractivity contribution is -0.144. The van der Waals surface area contributed by atoms with Crippen LogP contribution >= 0.6 is 11.5 Å². The minimum absolute atomic E-state index is 0.386. The van der Waals surface area contributed by atoms with E-state index in [1.165, 1.54) is 0 Å². The van der Waals surface area contributed by atoms with Crippen molar-refractivity contribution >= 4 is 16.7 Å². The summed E-state index contributed by atoms with van der Waals surface area (Å²) >= 11 is 0.835. The second kappa shape index (κ2) is 6.71. The van der Waals surface area contributed by atoms with Crippen molar-refractivity contribution in [1.82, 2.24) is 14.7 Å². The number of halogens is 3. The van der Waals surface area contributed by atoms with Crippen LogP contribution in [0.2, 0.25) is 0 Å². The van der Waals surface area contributed by atoms with Crippen molar-refractivity contribution in [2.24, 2.45) is 5.92 Å². The molecule has 0 amide bonds. The molecule has 1 aliphatic heterocycles. The van der Waals surface area contributed by atoms with Gasteiger partial charge in [-0.05, 0) is 38.3 Å². The molecule has 1 aliphatic rings. The van der Waals surface area contributed by atoms with Crippen LogP contribution in [-0.2, 0) is 6.18 Å². The predicted octanol–water partition coefficient (Wildman–Crippen LogP) is 2.77. The third kappa shape index (κ3) is 4.05. The average molecular weight is 308 g/mol. The highest BCUT2D eigenvalue weighted by Crippen LogP contribution is 2.31. The Bertz CT molecular complexity index is 413. The van der Waals surface area contributed by atoms with Gasteiger partial charge in [0, 0.05) is 24.6 Å². The number of piperidine rings is 1. The van der Waals surface area contributed by atoms with Crippen LogP contribution in [0.25, 0.3) is 0 Å². The van der Waals surface area contributed by atoms with Gasteiger partial charge in [-0.1, -0.05) is 6.92 Å². The van der Waals surface area contributed by atoms with Crippen molar-refractivity contribution in [2.45, 2.75) is 32.4 Å². The van der Waals surface area contributed by atoms with Gasteiger partial charge in [-0.25, -0.2) is 0 Å². The van der Waals surface area contributed by atoms with Gasteiger partial charge in [0.15, 0.2) is 0 Å². The van der Waals surface area contributed by atoms with Gasteiger partial charge < -0.3 is 10.2 Å². The van der Waals surface area contributed by atoms with E-state index in [9.17, 15) is 13.2 Å². The van der Waals surface area contributed by atoms with Gasteiger partial charge in [0.1, 0.15) is 0 Å². The number of nitrogens with one attached hydrogen (secondary N) is 1. The van der Waals surface area contributed by atoms with Gasteiger partial charge in [0.2, 0.25) is 11.0 Å². The zero-order chi connectivity index (χ0) is 14.6. The summed E-state index contributed by atoms with van der Waals surface area (Å²) in [5.41, 5.74) is 0. The van der Waals surface area contributed by atoms with Crippen LogP contribution in [0.5, 0.6) is 0 Å². The van der Waals surface area contributed by atoms with E-state index >= 15 is 0 Å². The standard InChI is InChI=1S/C12H19F3N4S/c1-2-5-16-8-9-3-6-19(7-4-9)11-17-10(18-20-11)12(13,14)15/h9,16H,2-8H2,1H3. The number of alkyl halides is 3. The summed E-state index contributed by atoms with van der Waals surface area (Å²) in [7, 11) is 0. The summed E-state index contributed by atoms with van der Waals surface area (Å²) in [5, 5.41) is 3.78. The summed E-state index contributed by atoms with van der Waals surface area (Å²) in [6.45, 7) is 5.65. The minimum Gasteiger partial charge on any atom is -0.347 e. The van der Waals surface area contributed by atoms with E-state index in [1.54, 1.807) is 0 Å². The Labute approximate surface area is 120 Å². The molecule has 0 radical (unpaired) electrons. The number of nitrogens with zero attached hydrogens (tertiary/aromatic N) is 3. The topological polar surface area (TPSA) is 41.0 Å². The van der Waals surface area contributed by atoms with E-state index in [4.69, 9.17) is 0 Å². The maximum Gasteiger partial charge on any atom is 0.452 e. The highest BCUT2D eigenvalue weighted by molar-refractivity contribution is 7.09. The Morgan fingerprint density at radius 2 is 2.05 bits per heavy atom. The van der Waals surface area contributed by atoms with Gasteiger partial charge in [-0.15, -0.1) is 0 Å². The number of anilines is 1. The largest absolute Gasteiger partial charge is 0.452 e. The lowest BCUT2D eigenvalue weighted by atomic mass is 9.97. The Balaban J connectivity index is 1.83. The van der Waals surface area contributed by atoms with Crippen LogP contribution in [0.15, 0.2) is 0 Å². The molecule has 0 unspecified atom stereocenters. The van der Waals surface area contributed by atoms with Gasteiger partial charge >= 0.3 is 6.18 Å². The highest BCUT2D eigenvalue weighted by Gasteiger charge is 2.36. The maximum absolute atomic E-state index is 12.5. The van der Waals surface area contributed by atoms with Crippen LogP contribution < -0.4 is 10.2 Å². The van der Waals surface area contributed by atoms with E-state index in [-0.39, 0.29) is 0 Å².